The molecule has 0 bridgehead atoms. The molecule has 1 saturated carbocycles. The number of nitrogens with two attached hydrogens (primary N) is 1. The number of nitrogens with zero attached hydrogens (tertiary/aromatic N) is 2. The summed E-state index contributed by atoms with van der Waals surface area (Å²) in [5.41, 5.74) is 5.73. The van der Waals surface area contributed by atoms with Gasteiger partial charge in [0.05, 0.1) is 11.2 Å². The summed E-state index contributed by atoms with van der Waals surface area (Å²) in [5, 5.41) is 4.04. The summed E-state index contributed by atoms with van der Waals surface area (Å²) in [6.45, 7) is 0.589. The molecule has 0 unspecified atom stereocenters. The number of benzene rings is 1. The molecule has 0 amide bonds. The molecule has 1 heterocycles. The molecule has 1 aliphatic rings. The number of hydrogen-bond acceptors (Lipinski definition) is 5. The highest BCUT2D eigenvalue weighted by molar-refractivity contribution is 9.10. The van der Waals surface area contributed by atoms with Crippen LogP contribution in [-0.2, 0) is 11.2 Å². The Morgan fingerprint density at radius 2 is 2.16 bits per heavy atom. The molecule has 1 aromatic carbocycles. The normalized spacial score (nSPS) is 16.5. The van der Waals surface area contributed by atoms with Crippen molar-refractivity contribution in [2.24, 2.45) is 5.73 Å². The minimum atomic E-state index is -0.0246. The van der Waals surface area contributed by atoms with E-state index in [-0.39, 0.29) is 5.41 Å². The van der Waals surface area contributed by atoms with Crippen molar-refractivity contribution >= 4 is 27.7 Å². The van der Waals surface area contributed by atoms with E-state index in [2.05, 4.69) is 32.1 Å². The summed E-state index contributed by atoms with van der Waals surface area (Å²) in [4.78, 5) is 5.64. The van der Waals surface area contributed by atoms with E-state index in [1.54, 1.807) is 11.8 Å². The Labute approximate surface area is 124 Å². The van der Waals surface area contributed by atoms with Gasteiger partial charge in [-0.05, 0) is 40.9 Å². The van der Waals surface area contributed by atoms with Crippen molar-refractivity contribution in [3.63, 3.8) is 0 Å². The van der Waals surface area contributed by atoms with Gasteiger partial charge in [0.2, 0.25) is 5.89 Å². The molecule has 0 spiro atoms. The van der Waals surface area contributed by atoms with E-state index in [0.29, 0.717) is 18.2 Å². The summed E-state index contributed by atoms with van der Waals surface area (Å²) in [6.07, 6.45) is 2.12. The van der Waals surface area contributed by atoms with Gasteiger partial charge in [-0.2, -0.15) is 4.98 Å². The first kappa shape index (κ1) is 13.1. The second kappa shape index (κ2) is 5.26. The second-order valence-corrected chi connectivity index (χ2v) is 6.59. The van der Waals surface area contributed by atoms with Crippen molar-refractivity contribution in [1.29, 1.82) is 0 Å². The van der Waals surface area contributed by atoms with E-state index in [1.807, 2.05) is 18.2 Å². The van der Waals surface area contributed by atoms with E-state index < -0.39 is 0 Å². The quantitative estimate of drug-likeness (QED) is 0.848. The molecule has 19 heavy (non-hydrogen) atoms. The molecule has 1 fully saturated rings. The van der Waals surface area contributed by atoms with Gasteiger partial charge in [-0.3, -0.25) is 0 Å². The number of aromatic nitrogens is 2. The average Bonchev–Trinajstić information content (AvgIpc) is 3.09. The van der Waals surface area contributed by atoms with Crippen LogP contribution in [-0.4, -0.2) is 16.7 Å². The first-order valence-corrected chi connectivity index (χ1v) is 7.92. The van der Waals surface area contributed by atoms with Crippen molar-refractivity contribution in [2.75, 3.05) is 6.54 Å². The fraction of sp³-hybridized carbons (Fsp3) is 0.385. The van der Waals surface area contributed by atoms with Crippen molar-refractivity contribution in [1.82, 2.24) is 10.1 Å². The Balaban J connectivity index is 1.67. The molecular formula is C13H14BrN3OS. The van der Waals surface area contributed by atoms with Crippen LogP contribution in [0.15, 0.2) is 38.2 Å². The monoisotopic (exact) mass is 339 g/mol. The topological polar surface area (TPSA) is 64.9 Å². The van der Waals surface area contributed by atoms with Gasteiger partial charge in [0.25, 0.3) is 0 Å². The Bertz CT molecular complexity index is 583. The van der Waals surface area contributed by atoms with Crippen LogP contribution in [0.5, 0.6) is 0 Å². The molecule has 1 aromatic heterocycles. The highest BCUT2D eigenvalue weighted by Gasteiger charge is 2.48. The highest BCUT2D eigenvalue weighted by Crippen LogP contribution is 2.46. The lowest BCUT2D eigenvalue weighted by molar-refractivity contribution is 0.344. The minimum Gasteiger partial charge on any atom is -0.339 e. The minimum absolute atomic E-state index is 0.0246. The van der Waals surface area contributed by atoms with Crippen LogP contribution in [0.4, 0.5) is 0 Å². The number of rotatable bonds is 5. The van der Waals surface area contributed by atoms with E-state index in [1.165, 1.54) is 4.90 Å². The third-order valence-electron chi connectivity index (χ3n) is 3.36. The lowest BCUT2D eigenvalue weighted by Gasteiger charge is -2.03. The summed E-state index contributed by atoms with van der Waals surface area (Å²) >= 11 is 5.22. The fourth-order valence-electron chi connectivity index (χ4n) is 1.89. The molecule has 4 nitrogen and oxygen atoms in total. The number of halogens is 1. The smallest absolute Gasteiger partial charge is 0.234 e. The molecule has 0 atom stereocenters. The van der Waals surface area contributed by atoms with E-state index in [9.17, 15) is 0 Å². The summed E-state index contributed by atoms with van der Waals surface area (Å²) < 4.78 is 6.42. The number of hydrogen-bond donors (Lipinski definition) is 1. The Kier molecular flexibility index (Phi) is 3.64. The third-order valence-corrected chi connectivity index (χ3v) is 5.38. The summed E-state index contributed by atoms with van der Waals surface area (Å²) in [7, 11) is 0. The molecule has 0 saturated heterocycles. The standard InChI is InChI=1S/C13H14BrN3OS/c14-9-3-1-2-4-10(9)19-7-11-16-12(18-17-11)13(8-15)5-6-13/h1-4H,5-8,15H2. The average molecular weight is 340 g/mol. The van der Waals surface area contributed by atoms with Crippen LogP contribution < -0.4 is 5.73 Å². The highest BCUT2D eigenvalue weighted by atomic mass is 79.9. The van der Waals surface area contributed by atoms with Gasteiger partial charge in [-0.25, -0.2) is 0 Å². The van der Waals surface area contributed by atoms with E-state index >= 15 is 0 Å². The van der Waals surface area contributed by atoms with Crippen LogP contribution in [0.2, 0.25) is 0 Å². The zero-order chi connectivity index (χ0) is 13.3. The summed E-state index contributed by atoms with van der Waals surface area (Å²) in [6, 6.07) is 8.11. The Morgan fingerprint density at radius 1 is 1.37 bits per heavy atom. The largest absolute Gasteiger partial charge is 0.339 e. The van der Waals surface area contributed by atoms with Gasteiger partial charge in [0.1, 0.15) is 0 Å². The van der Waals surface area contributed by atoms with Gasteiger partial charge in [-0.1, -0.05) is 17.3 Å². The Hall–Kier alpha value is -0.850. The van der Waals surface area contributed by atoms with Crippen LogP contribution in [0.3, 0.4) is 0 Å². The van der Waals surface area contributed by atoms with Crippen LogP contribution in [0.25, 0.3) is 0 Å². The third kappa shape index (κ3) is 2.70. The van der Waals surface area contributed by atoms with Crippen molar-refractivity contribution in [2.45, 2.75) is 28.9 Å². The van der Waals surface area contributed by atoms with Crippen LogP contribution in [0.1, 0.15) is 24.6 Å². The van der Waals surface area contributed by atoms with Gasteiger partial charge < -0.3 is 10.3 Å². The molecule has 1 aliphatic carbocycles. The fourth-order valence-corrected chi connectivity index (χ4v) is 3.30. The van der Waals surface area contributed by atoms with Gasteiger partial charge in [-0.15, -0.1) is 11.8 Å². The van der Waals surface area contributed by atoms with Crippen LogP contribution in [0, 0.1) is 0 Å². The molecular weight excluding hydrogens is 326 g/mol. The van der Waals surface area contributed by atoms with Crippen LogP contribution >= 0.6 is 27.7 Å². The predicted molar refractivity (Wildman–Crippen MR) is 78.0 cm³/mol. The first-order chi connectivity index (χ1) is 9.23. The van der Waals surface area contributed by atoms with E-state index in [4.69, 9.17) is 10.3 Å². The summed E-state index contributed by atoms with van der Waals surface area (Å²) in [5.74, 6) is 2.14. The first-order valence-electron chi connectivity index (χ1n) is 6.14. The van der Waals surface area contributed by atoms with Gasteiger partial charge >= 0.3 is 0 Å². The van der Waals surface area contributed by atoms with Crippen molar-refractivity contribution in [3.8, 4) is 0 Å². The molecule has 0 radical (unpaired) electrons. The maximum atomic E-state index is 5.76. The molecule has 100 valence electrons. The molecule has 2 N–H and O–H groups in total. The van der Waals surface area contributed by atoms with Gasteiger partial charge in [0.15, 0.2) is 5.82 Å². The second-order valence-electron chi connectivity index (χ2n) is 4.72. The number of thioether (sulfide) groups is 1. The SMILES string of the molecule is NCC1(c2nc(CSc3ccccc3Br)no2)CC1. The molecule has 2 aromatic rings. The maximum absolute atomic E-state index is 5.76. The zero-order valence-electron chi connectivity index (χ0n) is 10.3. The lowest BCUT2D eigenvalue weighted by atomic mass is 10.1. The zero-order valence-corrected chi connectivity index (χ0v) is 12.7. The van der Waals surface area contributed by atoms with Gasteiger partial charge in [0, 0.05) is 15.9 Å². The van der Waals surface area contributed by atoms with E-state index in [0.717, 1.165) is 23.1 Å². The predicted octanol–water partition coefficient (Wildman–Crippen LogP) is 3.11. The molecule has 6 heteroatoms. The maximum Gasteiger partial charge on any atom is 0.234 e. The molecule has 0 aliphatic heterocycles. The lowest BCUT2D eigenvalue weighted by Crippen LogP contribution is -2.20. The van der Waals surface area contributed by atoms with Crippen molar-refractivity contribution in [3.05, 3.63) is 40.5 Å². The Morgan fingerprint density at radius 3 is 2.84 bits per heavy atom. The van der Waals surface area contributed by atoms with Crippen molar-refractivity contribution < 1.29 is 4.52 Å². The molecule has 3 rings (SSSR count).